The van der Waals surface area contributed by atoms with Gasteiger partial charge in [-0.1, -0.05) is 12.1 Å². The highest BCUT2D eigenvalue weighted by Crippen LogP contribution is 2.36. The molecule has 0 radical (unpaired) electrons. The van der Waals surface area contributed by atoms with E-state index >= 15 is 0 Å². The molecule has 0 aliphatic heterocycles. The maximum absolute atomic E-state index is 12.7. The quantitative estimate of drug-likeness (QED) is 0.297. The normalized spacial score (nSPS) is 12.1. The summed E-state index contributed by atoms with van der Waals surface area (Å²) in [5, 5.41) is 11.9. The van der Waals surface area contributed by atoms with Crippen molar-refractivity contribution in [2.45, 2.75) is 46.3 Å². The van der Waals surface area contributed by atoms with Gasteiger partial charge in [0.1, 0.15) is 11.6 Å². The first-order valence-electron chi connectivity index (χ1n) is 11.3. The van der Waals surface area contributed by atoms with Gasteiger partial charge in [-0.2, -0.15) is 5.26 Å². The summed E-state index contributed by atoms with van der Waals surface area (Å²) in [7, 11) is 2.99. The summed E-state index contributed by atoms with van der Waals surface area (Å²) in [6.45, 7) is 8.95. The topological polar surface area (TPSA) is 116 Å². The van der Waals surface area contributed by atoms with Crippen LogP contribution in [0.1, 0.15) is 45.7 Å². The highest BCUT2D eigenvalue weighted by molar-refractivity contribution is 5.85. The van der Waals surface area contributed by atoms with Gasteiger partial charge in [-0.25, -0.2) is 9.59 Å². The number of ether oxygens (including phenoxy) is 5. The van der Waals surface area contributed by atoms with Crippen LogP contribution in [0.3, 0.4) is 0 Å². The summed E-state index contributed by atoms with van der Waals surface area (Å²) in [5.74, 6) is 0.805. The lowest BCUT2D eigenvalue weighted by atomic mass is 9.97. The average molecular weight is 497 g/mol. The van der Waals surface area contributed by atoms with Gasteiger partial charge in [0, 0.05) is 6.08 Å². The van der Waals surface area contributed by atoms with Crippen LogP contribution in [0.4, 0.5) is 4.79 Å². The Labute approximate surface area is 211 Å². The summed E-state index contributed by atoms with van der Waals surface area (Å²) < 4.78 is 27.1. The number of allylic oxidation sites excluding steroid dienone is 1. The number of nitriles is 1. The first-order chi connectivity index (χ1) is 17.0. The van der Waals surface area contributed by atoms with Crippen LogP contribution in [0.5, 0.6) is 23.0 Å². The Morgan fingerprint density at radius 3 is 2.06 bits per heavy atom. The highest BCUT2D eigenvalue weighted by Gasteiger charge is 2.24. The van der Waals surface area contributed by atoms with Crippen LogP contribution in [0.15, 0.2) is 42.5 Å². The van der Waals surface area contributed by atoms with Gasteiger partial charge in [-0.3, -0.25) is 0 Å². The van der Waals surface area contributed by atoms with Gasteiger partial charge in [-0.15, -0.1) is 0 Å². The van der Waals surface area contributed by atoms with Crippen LogP contribution >= 0.6 is 0 Å². The van der Waals surface area contributed by atoms with Crippen molar-refractivity contribution in [3.63, 3.8) is 0 Å². The molecule has 1 N–H and O–H groups in total. The maximum Gasteiger partial charge on any atom is 0.408 e. The third kappa shape index (κ3) is 7.67. The number of amides is 1. The monoisotopic (exact) mass is 496 g/mol. The minimum atomic E-state index is -0.988. The van der Waals surface area contributed by atoms with Crippen molar-refractivity contribution in [3.8, 4) is 29.1 Å². The molecule has 0 saturated heterocycles. The van der Waals surface area contributed by atoms with Crippen molar-refractivity contribution in [3.05, 3.63) is 53.6 Å². The Morgan fingerprint density at radius 2 is 1.56 bits per heavy atom. The standard InChI is InChI=1S/C27H32N2O7/c1-8-34-23-15-18(9-11-21(23)32-6)20(13-14-28)19-10-12-22(33-7)24(16-19)35-25(30)17(2)29-26(31)36-27(3,4)5/h9-13,15-17H,8H2,1-7H3,(H,29,31). The molecule has 2 rings (SSSR count). The Hall–Kier alpha value is -4.19. The Kier molecular flexibility index (Phi) is 9.74. The first-order valence-corrected chi connectivity index (χ1v) is 11.3. The molecule has 2 aromatic carbocycles. The Balaban J connectivity index is 2.37. The molecule has 2 aromatic rings. The van der Waals surface area contributed by atoms with Gasteiger partial charge < -0.3 is 29.0 Å². The van der Waals surface area contributed by atoms with Crippen molar-refractivity contribution >= 4 is 17.6 Å². The molecule has 9 nitrogen and oxygen atoms in total. The fourth-order valence-electron chi connectivity index (χ4n) is 3.17. The SMILES string of the molecule is CCOc1cc(C(=CC#N)c2ccc(OC)c(OC(=O)C(C)NC(=O)OC(C)(C)C)c2)ccc1OC. The summed E-state index contributed by atoms with van der Waals surface area (Å²) in [6, 6.07) is 11.3. The van der Waals surface area contributed by atoms with Gasteiger partial charge in [0.15, 0.2) is 23.0 Å². The van der Waals surface area contributed by atoms with Crippen molar-refractivity contribution in [2.75, 3.05) is 20.8 Å². The Morgan fingerprint density at radius 1 is 1.00 bits per heavy atom. The first kappa shape index (κ1) is 28.1. The zero-order valence-electron chi connectivity index (χ0n) is 21.6. The molecule has 1 atom stereocenters. The molecule has 1 unspecified atom stereocenters. The molecule has 0 aliphatic rings. The van der Waals surface area contributed by atoms with Crippen molar-refractivity contribution in [1.82, 2.24) is 5.32 Å². The molecular weight excluding hydrogens is 464 g/mol. The van der Waals surface area contributed by atoms with E-state index in [-0.39, 0.29) is 5.75 Å². The molecular formula is C27H32N2O7. The van der Waals surface area contributed by atoms with Gasteiger partial charge in [0.05, 0.1) is 26.9 Å². The summed E-state index contributed by atoms with van der Waals surface area (Å²) in [5.41, 5.74) is 1.16. The van der Waals surface area contributed by atoms with E-state index in [1.807, 2.05) is 6.92 Å². The molecule has 9 heteroatoms. The third-order valence-corrected chi connectivity index (χ3v) is 4.76. The minimum absolute atomic E-state index is 0.125. The molecule has 0 aliphatic carbocycles. The molecule has 36 heavy (non-hydrogen) atoms. The molecule has 192 valence electrons. The molecule has 0 aromatic heterocycles. The van der Waals surface area contributed by atoms with Crippen LogP contribution in [-0.2, 0) is 9.53 Å². The summed E-state index contributed by atoms with van der Waals surface area (Å²) in [4.78, 5) is 24.7. The lowest BCUT2D eigenvalue weighted by Gasteiger charge is -2.21. The predicted molar refractivity (Wildman–Crippen MR) is 134 cm³/mol. The van der Waals surface area contributed by atoms with Crippen molar-refractivity contribution in [2.24, 2.45) is 0 Å². The van der Waals surface area contributed by atoms with Crippen molar-refractivity contribution < 1.29 is 33.3 Å². The zero-order chi connectivity index (χ0) is 26.9. The van der Waals surface area contributed by atoms with Gasteiger partial charge in [0.2, 0.25) is 0 Å². The van der Waals surface area contributed by atoms with Gasteiger partial charge in [-0.05, 0) is 75.6 Å². The number of alkyl carbamates (subject to hydrolysis) is 1. The van der Waals surface area contributed by atoms with E-state index in [1.54, 1.807) is 64.3 Å². The van der Waals surface area contributed by atoms with Gasteiger partial charge in [0.25, 0.3) is 0 Å². The van der Waals surface area contributed by atoms with Crippen LogP contribution in [0.2, 0.25) is 0 Å². The summed E-state index contributed by atoms with van der Waals surface area (Å²) >= 11 is 0. The largest absolute Gasteiger partial charge is 0.493 e. The van der Waals surface area contributed by atoms with Crippen LogP contribution in [0.25, 0.3) is 5.57 Å². The minimum Gasteiger partial charge on any atom is -0.493 e. The fraction of sp³-hybridized carbons (Fsp3) is 0.370. The molecule has 0 heterocycles. The number of carbonyl (C=O) groups excluding carboxylic acids is 2. The van der Waals surface area contributed by atoms with Crippen LogP contribution in [-0.4, -0.2) is 44.5 Å². The molecule has 0 bridgehead atoms. The number of benzene rings is 2. The second-order valence-electron chi connectivity index (χ2n) is 8.64. The lowest BCUT2D eigenvalue weighted by Crippen LogP contribution is -2.43. The number of hydrogen-bond donors (Lipinski definition) is 1. The molecule has 0 fully saturated rings. The number of nitrogens with zero attached hydrogens (tertiary/aromatic N) is 1. The van der Waals surface area contributed by atoms with E-state index in [9.17, 15) is 14.9 Å². The smallest absolute Gasteiger partial charge is 0.408 e. The zero-order valence-corrected chi connectivity index (χ0v) is 21.6. The molecule has 0 spiro atoms. The van der Waals surface area contributed by atoms with Crippen LogP contribution < -0.4 is 24.3 Å². The Bertz CT molecular complexity index is 1160. The highest BCUT2D eigenvalue weighted by atomic mass is 16.6. The molecule has 0 saturated carbocycles. The number of esters is 1. The number of rotatable bonds is 9. The van der Waals surface area contributed by atoms with Crippen LogP contribution in [0, 0.1) is 11.3 Å². The number of methoxy groups -OCH3 is 2. The second-order valence-corrected chi connectivity index (χ2v) is 8.64. The lowest BCUT2D eigenvalue weighted by molar-refractivity contribution is -0.136. The number of carbonyl (C=O) groups is 2. The van der Waals surface area contributed by atoms with Crippen molar-refractivity contribution in [1.29, 1.82) is 5.26 Å². The number of hydrogen-bond acceptors (Lipinski definition) is 8. The summed E-state index contributed by atoms with van der Waals surface area (Å²) in [6.07, 6.45) is 0.647. The number of nitrogens with one attached hydrogen (secondary N) is 1. The van der Waals surface area contributed by atoms with E-state index < -0.39 is 23.7 Å². The predicted octanol–water partition coefficient (Wildman–Crippen LogP) is 4.88. The van der Waals surface area contributed by atoms with E-state index in [2.05, 4.69) is 11.4 Å². The molecule has 1 amide bonds. The van der Waals surface area contributed by atoms with E-state index in [1.165, 1.54) is 20.1 Å². The second kappa shape index (κ2) is 12.5. The van der Waals surface area contributed by atoms with Gasteiger partial charge >= 0.3 is 12.1 Å². The third-order valence-electron chi connectivity index (χ3n) is 4.76. The van der Waals surface area contributed by atoms with E-state index in [0.717, 1.165) is 0 Å². The average Bonchev–Trinajstić information content (AvgIpc) is 2.81. The maximum atomic E-state index is 12.7. The van der Waals surface area contributed by atoms with E-state index in [4.69, 9.17) is 23.7 Å². The fourth-order valence-corrected chi connectivity index (χ4v) is 3.17. The van der Waals surface area contributed by atoms with E-state index in [0.29, 0.717) is 40.6 Å².